The van der Waals surface area contributed by atoms with Crippen LogP contribution in [0, 0.1) is 0 Å². The summed E-state index contributed by atoms with van der Waals surface area (Å²) < 4.78 is 5.46. The number of anilines is 1. The fourth-order valence-electron chi connectivity index (χ4n) is 1.67. The molecule has 1 aromatic carbocycles. The summed E-state index contributed by atoms with van der Waals surface area (Å²) >= 11 is 0. The average molecular weight is 254 g/mol. The van der Waals surface area contributed by atoms with Crippen molar-refractivity contribution >= 4 is 5.69 Å². The normalized spacial score (nSPS) is 12.7. The zero-order valence-electron chi connectivity index (χ0n) is 10.7. The van der Waals surface area contributed by atoms with Crippen molar-refractivity contribution in [3.8, 4) is 5.75 Å². The van der Waals surface area contributed by atoms with Gasteiger partial charge >= 0.3 is 0 Å². The second kappa shape index (κ2) is 7.92. The Morgan fingerprint density at radius 1 is 1.39 bits per heavy atom. The van der Waals surface area contributed by atoms with E-state index in [4.69, 9.17) is 15.6 Å². The molecule has 0 saturated carbocycles. The SMILES string of the molecule is CCN(CCO)CC(O)COc1ccccc1N. The molecular weight excluding hydrogens is 232 g/mol. The highest BCUT2D eigenvalue weighted by Gasteiger charge is 2.11. The van der Waals surface area contributed by atoms with Crippen LogP contribution >= 0.6 is 0 Å². The Bertz CT molecular complexity index is 347. The van der Waals surface area contributed by atoms with Crippen LogP contribution in [-0.2, 0) is 0 Å². The van der Waals surface area contributed by atoms with Crippen molar-refractivity contribution in [3.63, 3.8) is 0 Å². The quantitative estimate of drug-likeness (QED) is 0.582. The molecule has 0 saturated heterocycles. The number of nitrogens with zero attached hydrogens (tertiary/aromatic N) is 1. The van der Waals surface area contributed by atoms with E-state index in [0.29, 0.717) is 24.5 Å². The molecule has 0 radical (unpaired) electrons. The van der Waals surface area contributed by atoms with E-state index in [1.165, 1.54) is 0 Å². The van der Waals surface area contributed by atoms with Gasteiger partial charge in [0.05, 0.1) is 12.3 Å². The van der Waals surface area contributed by atoms with Gasteiger partial charge in [-0.15, -0.1) is 0 Å². The maximum Gasteiger partial charge on any atom is 0.142 e. The van der Waals surface area contributed by atoms with Gasteiger partial charge in [-0.25, -0.2) is 0 Å². The lowest BCUT2D eigenvalue weighted by atomic mass is 10.3. The summed E-state index contributed by atoms with van der Waals surface area (Å²) in [5.41, 5.74) is 6.29. The number of hydrogen-bond donors (Lipinski definition) is 3. The van der Waals surface area contributed by atoms with Gasteiger partial charge in [0.1, 0.15) is 18.5 Å². The van der Waals surface area contributed by atoms with E-state index < -0.39 is 6.10 Å². The number of aliphatic hydroxyl groups excluding tert-OH is 2. The average Bonchev–Trinajstić information content (AvgIpc) is 2.37. The summed E-state index contributed by atoms with van der Waals surface area (Å²) in [7, 11) is 0. The molecule has 4 N–H and O–H groups in total. The zero-order chi connectivity index (χ0) is 13.4. The second-order valence-corrected chi connectivity index (χ2v) is 4.12. The van der Waals surface area contributed by atoms with Crippen molar-refractivity contribution in [2.24, 2.45) is 0 Å². The van der Waals surface area contributed by atoms with Crippen molar-refractivity contribution in [1.82, 2.24) is 4.90 Å². The van der Waals surface area contributed by atoms with E-state index >= 15 is 0 Å². The molecule has 0 amide bonds. The van der Waals surface area contributed by atoms with Gasteiger partial charge < -0.3 is 20.7 Å². The van der Waals surface area contributed by atoms with Gasteiger partial charge in [-0.3, -0.25) is 4.90 Å². The van der Waals surface area contributed by atoms with E-state index in [0.717, 1.165) is 6.54 Å². The summed E-state index contributed by atoms with van der Waals surface area (Å²) in [6.45, 7) is 4.08. The van der Waals surface area contributed by atoms with Gasteiger partial charge in [0.2, 0.25) is 0 Å². The summed E-state index contributed by atoms with van der Waals surface area (Å²) in [5, 5.41) is 18.7. The molecule has 5 nitrogen and oxygen atoms in total. The number of ether oxygens (including phenoxy) is 1. The number of para-hydroxylation sites is 2. The lowest BCUT2D eigenvalue weighted by molar-refractivity contribution is 0.0641. The minimum absolute atomic E-state index is 0.0903. The van der Waals surface area contributed by atoms with E-state index in [9.17, 15) is 5.11 Å². The third-order valence-corrected chi connectivity index (χ3v) is 2.68. The Morgan fingerprint density at radius 3 is 2.72 bits per heavy atom. The first kappa shape index (κ1) is 14.8. The highest BCUT2D eigenvalue weighted by molar-refractivity contribution is 5.51. The fraction of sp³-hybridized carbons (Fsp3) is 0.538. The van der Waals surface area contributed by atoms with Crippen LogP contribution < -0.4 is 10.5 Å². The molecule has 0 aliphatic rings. The maximum absolute atomic E-state index is 9.84. The van der Waals surface area contributed by atoms with Gasteiger partial charge in [0, 0.05) is 13.1 Å². The molecule has 1 atom stereocenters. The minimum atomic E-state index is -0.601. The van der Waals surface area contributed by atoms with Crippen LogP contribution in [0.2, 0.25) is 0 Å². The van der Waals surface area contributed by atoms with Gasteiger partial charge in [-0.1, -0.05) is 19.1 Å². The number of likely N-dealkylation sites (N-methyl/N-ethyl adjacent to an activating group) is 1. The molecule has 102 valence electrons. The Labute approximate surface area is 108 Å². The molecule has 0 spiro atoms. The van der Waals surface area contributed by atoms with E-state index in [1.54, 1.807) is 12.1 Å². The molecular formula is C13H22N2O3. The number of nitrogens with two attached hydrogens (primary N) is 1. The van der Waals surface area contributed by atoms with Crippen molar-refractivity contribution in [3.05, 3.63) is 24.3 Å². The summed E-state index contributed by atoms with van der Waals surface area (Å²) in [5.74, 6) is 0.585. The minimum Gasteiger partial charge on any atom is -0.489 e. The topological polar surface area (TPSA) is 79.0 Å². The first-order valence-corrected chi connectivity index (χ1v) is 6.16. The van der Waals surface area contributed by atoms with Crippen molar-refractivity contribution in [2.45, 2.75) is 13.0 Å². The molecule has 1 unspecified atom stereocenters. The summed E-state index contributed by atoms with van der Waals surface area (Å²) in [6, 6.07) is 7.19. The molecule has 18 heavy (non-hydrogen) atoms. The summed E-state index contributed by atoms with van der Waals surface area (Å²) in [6.07, 6.45) is -0.601. The van der Waals surface area contributed by atoms with Crippen LogP contribution in [0.25, 0.3) is 0 Å². The molecule has 0 bridgehead atoms. The molecule has 0 heterocycles. The van der Waals surface area contributed by atoms with E-state index in [2.05, 4.69) is 0 Å². The van der Waals surface area contributed by atoms with E-state index in [-0.39, 0.29) is 13.2 Å². The van der Waals surface area contributed by atoms with Gasteiger partial charge in [0.25, 0.3) is 0 Å². The second-order valence-electron chi connectivity index (χ2n) is 4.12. The smallest absolute Gasteiger partial charge is 0.142 e. The Hall–Kier alpha value is -1.30. The molecule has 0 aliphatic carbocycles. The van der Waals surface area contributed by atoms with Crippen LogP contribution in [-0.4, -0.2) is 54.1 Å². The monoisotopic (exact) mass is 254 g/mol. The van der Waals surface area contributed by atoms with Crippen molar-refractivity contribution < 1.29 is 14.9 Å². The molecule has 0 aromatic heterocycles. The predicted molar refractivity (Wildman–Crippen MR) is 71.6 cm³/mol. The van der Waals surface area contributed by atoms with Crippen LogP contribution in [0.5, 0.6) is 5.75 Å². The fourth-order valence-corrected chi connectivity index (χ4v) is 1.67. The number of benzene rings is 1. The predicted octanol–water partition coefficient (Wildman–Crippen LogP) is 0.323. The maximum atomic E-state index is 9.84. The number of hydrogen-bond acceptors (Lipinski definition) is 5. The van der Waals surface area contributed by atoms with Gasteiger partial charge in [-0.2, -0.15) is 0 Å². The first-order chi connectivity index (χ1) is 8.67. The van der Waals surface area contributed by atoms with Crippen molar-refractivity contribution in [1.29, 1.82) is 0 Å². The Kier molecular flexibility index (Phi) is 6.49. The highest BCUT2D eigenvalue weighted by atomic mass is 16.5. The number of nitrogen functional groups attached to an aromatic ring is 1. The van der Waals surface area contributed by atoms with Crippen LogP contribution in [0.1, 0.15) is 6.92 Å². The zero-order valence-corrected chi connectivity index (χ0v) is 10.7. The van der Waals surface area contributed by atoms with E-state index in [1.807, 2.05) is 24.0 Å². The third-order valence-electron chi connectivity index (χ3n) is 2.68. The van der Waals surface area contributed by atoms with Crippen LogP contribution in [0.4, 0.5) is 5.69 Å². The van der Waals surface area contributed by atoms with Gasteiger partial charge in [0.15, 0.2) is 0 Å². The molecule has 1 rings (SSSR count). The Balaban J connectivity index is 2.36. The largest absolute Gasteiger partial charge is 0.489 e. The van der Waals surface area contributed by atoms with Crippen LogP contribution in [0.3, 0.4) is 0 Å². The molecule has 1 aromatic rings. The lowest BCUT2D eigenvalue weighted by Crippen LogP contribution is -2.37. The molecule has 5 heteroatoms. The number of rotatable bonds is 8. The lowest BCUT2D eigenvalue weighted by Gasteiger charge is -2.22. The molecule has 0 fully saturated rings. The Morgan fingerprint density at radius 2 is 2.11 bits per heavy atom. The standard InChI is InChI=1S/C13H22N2O3/c1-2-15(7-8-16)9-11(17)10-18-13-6-4-3-5-12(13)14/h3-6,11,16-17H,2,7-10,14H2,1H3. The highest BCUT2D eigenvalue weighted by Crippen LogP contribution is 2.19. The molecule has 0 aliphatic heterocycles. The van der Waals surface area contributed by atoms with Gasteiger partial charge in [-0.05, 0) is 18.7 Å². The number of aliphatic hydroxyl groups is 2. The van der Waals surface area contributed by atoms with Crippen molar-refractivity contribution in [2.75, 3.05) is 38.6 Å². The van der Waals surface area contributed by atoms with Crippen LogP contribution in [0.15, 0.2) is 24.3 Å². The first-order valence-electron chi connectivity index (χ1n) is 6.16. The third kappa shape index (κ3) is 4.91. The summed E-state index contributed by atoms with van der Waals surface area (Å²) in [4.78, 5) is 1.96.